The topological polar surface area (TPSA) is 55.4 Å². The van der Waals surface area contributed by atoms with E-state index in [9.17, 15) is 22.8 Å². The molecule has 0 unspecified atom stereocenters. The van der Waals surface area contributed by atoms with Crippen LogP contribution in [0.2, 0.25) is 5.02 Å². The first-order valence-corrected chi connectivity index (χ1v) is 10.0. The molecule has 1 fully saturated rings. The Morgan fingerprint density at radius 1 is 1.14 bits per heavy atom. The van der Waals surface area contributed by atoms with E-state index < -0.39 is 29.7 Å². The van der Waals surface area contributed by atoms with Gasteiger partial charge in [-0.2, -0.15) is 13.2 Å². The Morgan fingerprint density at radius 2 is 1.72 bits per heavy atom. The first-order chi connectivity index (χ1) is 13.3. The number of ether oxygens (including phenoxy) is 1. The third kappa shape index (κ3) is 6.36. The molecule has 1 N–H and O–H groups in total. The average molecular weight is 434 g/mol. The molecule has 1 saturated carbocycles. The van der Waals surface area contributed by atoms with Gasteiger partial charge in [0.25, 0.3) is 5.91 Å². The van der Waals surface area contributed by atoms with Gasteiger partial charge in [-0.3, -0.25) is 9.59 Å². The molecule has 0 bridgehead atoms. The molecule has 4 nitrogen and oxygen atoms in total. The Kier molecular flexibility index (Phi) is 7.25. The van der Waals surface area contributed by atoms with Gasteiger partial charge in [0.1, 0.15) is 0 Å². The summed E-state index contributed by atoms with van der Waals surface area (Å²) < 4.78 is 43.8. The molecule has 0 heterocycles. The highest BCUT2D eigenvalue weighted by molar-refractivity contribution is 6.33. The molecule has 1 aromatic carbocycles. The van der Waals surface area contributed by atoms with E-state index in [0.717, 1.165) is 31.0 Å². The summed E-state index contributed by atoms with van der Waals surface area (Å²) in [5.74, 6) is -0.908. The summed E-state index contributed by atoms with van der Waals surface area (Å²) in [6, 6.07) is 2.64. The molecule has 1 amide bonds. The van der Waals surface area contributed by atoms with E-state index in [1.54, 1.807) is 0 Å². The SMILES string of the molecule is C[C@@H](OC(=O)C1CCC(C(C)(C)C)CC1)C(=O)Nc1cc(C(F)(F)F)ccc1Cl. The number of alkyl halides is 3. The number of hydrogen-bond donors (Lipinski definition) is 1. The maximum atomic E-state index is 12.8. The molecule has 1 atom stereocenters. The lowest BCUT2D eigenvalue weighted by Crippen LogP contribution is -2.34. The van der Waals surface area contributed by atoms with Crippen LogP contribution < -0.4 is 5.32 Å². The normalized spacial score (nSPS) is 21.4. The van der Waals surface area contributed by atoms with Crippen molar-refractivity contribution < 1.29 is 27.5 Å². The maximum absolute atomic E-state index is 12.8. The molecule has 29 heavy (non-hydrogen) atoms. The number of nitrogens with one attached hydrogen (secondary N) is 1. The van der Waals surface area contributed by atoms with Crippen LogP contribution in [0.25, 0.3) is 0 Å². The highest BCUT2D eigenvalue weighted by Gasteiger charge is 2.34. The fourth-order valence-electron chi connectivity index (χ4n) is 3.55. The van der Waals surface area contributed by atoms with Crippen LogP contribution in [0.4, 0.5) is 18.9 Å². The molecule has 0 aliphatic heterocycles. The van der Waals surface area contributed by atoms with E-state index in [1.807, 2.05) is 0 Å². The van der Waals surface area contributed by atoms with E-state index in [-0.39, 0.29) is 22.0 Å². The smallest absolute Gasteiger partial charge is 0.416 e. The Balaban J connectivity index is 1.94. The summed E-state index contributed by atoms with van der Waals surface area (Å²) in [6.07, 6.45) is -2.46. The second-order valence-corrected chi connectivity index (χ2v) is 9.08. The van der Waals surface area contributed by atoms with Crippen LogP contribution in [-0.2, 0) is 20.5 Å². The molecular formula is C21H27ClF3NO3. The average Bonchev–Trinajstić information content (AvgIpc) is 2.61. The first-order valence-electron chi connectivity index (χ1n) is 9.67. The number of carbonyl (C=O) groups is 2. The number of carbonyl (C=O) groups excluding carboxylic acids is 2. The summed E-state index contributed by atoms with van der Waals surface area (Å²) in [6.45, 7) is 7.93. The minimum absolute atomic E-state index is 0.0367. The van der Waals surface area contributed by atoms with E-state index in [0.29, 0.717) is 18.8 Å². The zero-order chi connectivity index (χ0) is 22.0. The van der Waals surface area contributed by atoms with Crippen LogP contribution in [0.5, 0.6) is 0 Å². The van der Waals surface area contributed by atoms with Crippen LogP contribution in [0.1, 0.15) is 58.9 Å². The predicted molar refractivity (Wildman–Crippen MR) is 106 cm³/mol. The van der Waals surface area contributed by atoms with Crippen molar-refractivity contribution in [3.8, 4) is 0 Å². The van der Waals surface area contributed by atoms with Gasteiger partial charge in [-0.1, -0.05) is 32.4 Å². The van der Waals surface area contributed by atoms with Crippen molar-refractivity contribution in [3.05, 3.63) is 28.8 Å². The fourth-order valence-corrected chi connectivity index (χ4v) is 3.72. The van der Waals surface area contributed by atoms with E-state index >= 15 is 0 Å². The van der Waals surface area contributed by atoms with Gasteiger partial charge in [0, 0.05) is 0 Å². The van der Waals surface area contributed by atoms with Crippen molar-refractivity contribution in [2.75, 3.05) is 5.32 Å². The number of benzene rings is 1. The van der Waals surface area contributed by atoms with Crippen molar-refractivity contribution >= 4 is 29.2 Å². The standard InChI is InChI=1S/C21H27ClF3NO3/c1-12(29-19(28)13-5-7-14(8-6-13)20(2,3)4)18(27)26-17-11-15(21(23,24)25)9-10-16(17)22/h9-14H,5-8H2,1-4H3,(H,26,27)/t12-,13?,14?/m1/s1. The number of rotatable bonds is 4. The van der Waals surface area contributed by atoms with Gasteiger partial charge >= 0.3 is 12.1 Å². The van der Waals surface area contributed by atoms with Crippen molar-refractivity contribution in [1.82, 2.24) is 0 Å². The number of halogens is 4. The predicted octanol–water partition coefficient (Wildman–Crippen LogP) is 6.08. The zero-order valence-corrected chi connectivity index (χ0v) is 17.8. The van der Waals surface area contributed by atoms with E-state index in [2.05, 4.69) is 26.1 Å². The van der Waals surface area contributed by atoms with Crippen molar-refractivity contribution in [2.24, 2.45) is 17.3 Å². The van der Waals surface area contributed by atoms with Gasteiger partial charge < -0.3 is 10.1 Å². The van der Waals surface area contributed by atoms with Crippen LogP contribution in [-0.4, -0.2) is 18.0 Å². The molecule has 162 valence electrons. The summed E-state index contributed by atoms with van der Waals surface area (Å²) in [7, 11) is 0. The number of hydrogen-bond acceptors (Lipinski definition) is 3. The van der Waals surface area contributed by atoms with Crippen LogP contribution in [0.3, 0.4) is 0 Å². The Morgan fingerprint density at radius 3 is 2.24 bits per heavy atom. The lowest BCUT2D eigenvalue weighted by molar-refractivity contribution is -0.158. The Bertz CT molecular complexity index is 751. The zero-order valence-electron chi connectivity index (χ0n) is 17.0. The lowest BCUT2D eigenvalue weighted by atomic mass is 9.70. The van der Waals surface area contributed by atoms with Crippen molar-refractivity contribution in [1.29, 1.82) is 0 Å². The van der Waals surface area contributed by atoms with Crippen LogP contribution in [0, 0.1) is 17.3 Å². The number of amides is 1. The highest BCUT2D eigenvalue weighted by Crippen LogP contribution is 2.40. The molecule has 2 rings (SSSR count). The van der Waals surface area contributed by atoms with Gasteiger partial charge in [-0.15, -0.1) is 0 Å². The van der Waals surface area contributed by atoms with Crippen LogP contribution >= 0.6 is 11.6 Å². The van der Waals surface area contributed by atoms with Gasteiger partial charge in [0.15, 0.2) is 6.10 Å². The summed E-state index contributed by atoms with van der Waals surface area (Å²) in [5.41, 5.74) is -0.927. The molecule has 8 heteroatoms. The summed E-state index contributed by atoms with van der Waals surface area (Å²) >= 11 is 5.88. The van der Waals surface area contributed by atoms with Gasteiger partial charge in [0.05, 0.1) is 22.2 Å². The minimum atomic E-state index is -4.56. The molecule has 0 aromatic heterocycles. The third-order valence-electron chi connectivity index (χ3n) is 5.50. The molecule has 0 radical (unpaired) electrons. The molecule has 1 aliphatic rings. The molecule has 0 saturated heterocycles. The minimum Gasteiger partial charge on any atom is -0.452 e. The summed E-state index contributed by atoms with van der Waals surface area (Å²) in [5, 5.41) is 2.27. The fraction of sp³-hybridized carbons (Fsp3) is 0.619. The largest absolute Gasteiger partial charge is 0.452 e. The molecule has 1 aliphatic carbocycles. The van der Waals surface area contributed by atoms with E-state index in [4.69, 9.17) is 16.3 Å². The summed E-state index contributed by atoms with van der Waals surface area (Å²) in [4.78, 5) is 24.7. The van der Waals surface area contributed by atoms with Crippen LogP contribution in [0.15, 0.2) is 18.2 Å². The van der Waals surface area contributed by atoms with Gasteiger partial charge in [-0.05, 0) is 62.1 Å². The molecule has 1 aromatic rings. The second-order valence-electron chi connectivity index (χ2n) is 8.68. The first kappa shape index (κ1) is 23.5. The highest BCUT2D eigenvalue weighted by atomic mass is 35.5. The quantitative estimate of drug-likeness (QED) is 0.585. The van der Waals surface area contributed by atoms with Gasteiger partial charge in [0.2, 0.25) is 0 Å². The molecular weight excluding hydrogens is 407 g/mol. The number of esters is 1. The van der Waals surface area contributed by atoms with Crippen molar-refractivity contribution in [3.63, 3.8) is 0 Å². The number of anilines is 1. The Hall–Kier alpha value is -1.76. The van der Waals surface area contributed by atoms with E-state index in [1.165, 1.54) is 6.92 Å². The van der Waals surface area contributed by atoms with Crippen molar-refractivity contribution in [2.45, 2.75) is 65.7 Å². The third-order valence-corrected chi connectivity index (χ3v) is 5.83. The Labute approximate surface area is 174 Å². The maximum Gasteiger partial charge on any atom is 0.416 e. The van der Waals surface area contributed by atoms with Gasteiger partial charge in [-0.25, -0.2) is 0 Å². The monoisotopic (exact) mass is 433 g/mol. The molecule has 0 spiro atoms. The second kappa shape index (κ2) is 8.94. The lowest BCUT2D eigenvalue weighted by Gasteiger charge is -2.36.